The third-order valence-electron chi connectivity index (χ3n) is 10.9. The van der Waals surface area contributed by atoms with Crippen molar-refractivity contribution in [2.24, 2.45) is 0 Å². The molecule has 0 aliphatic carbocycles. The van der Waals surface area contributed by atoms with Crippen molar-refractivity contribution in [1.29, 1.82) is 0 Å². The van der Waals surface area contributed by atoms with E-state index in [1.165, 1.54) is 0 Å². The van der Waals surface area contributed by atoms with Crippen molar-refractivity contribution in [2.45, 2.75) is 138 Å². The van der Waals surface area contributed by atoms with Crippen LogP contribution in [0, 0.1) is 0 Å². The Hall–Kier alpha value is -3.42. The van der Waals surface area contributed by atoms with Gasteiger partial charge in [0.25, 0.3) is 0 Å². The average Bonchev–Trinajstić information content (AvgIpc) is 4.04. The van der Waals surface area contributed by atoms with Crippen LogP contribution >= 0.6 is 0 Å². The summed E-state index contributed by atoms with van der Waals surface area (Å²) >= 11 is 0. The van der Waals surface area contributed by atoms with Crippen LogP contribution < -0.4 is 31.9 Å². The topological polar surface area (TPSA) is 230 Å². The fraction of sp³-hybridized carbons (Fsp3) is 0.833. The summed E-state index contributed by atoms with van der Waals surface area (Å²) < 4.78 is 35.9. The van der Waals surface area contributed by atoms with Crippen LogP contribution in [-0.2, 0) is 57.2 Å². The molecule has 0 unspecified atom stereocenters. The maximum absolute atomic E-state index is 13.9. The lowest BCUT2D eigenvalue weighted by molar-refractivity contribution is -0.211. The van der Waals surface area contributed by atoms with E-state index in [1.807, 2.05) is 0 Å². The van der Waals surface area contributed by atoms with Gasteiger partial charge in [0, 0.05) is 0 Å². The molecule has 302 valence electrons. The molecular formula is C36H56N6O12. The molecule has 0 spiro atoms. The Bertz CT molecular complexity index is 1200. The van der Waals surface area contributed by atoms with Gasteiger partial charge in [-0.2, -0.15) is 0 Å². The lowest BCUT2D eigenvalue weighted by Gasteiger charge is -2.37. The number of hydrogen-bond acceptors (Lipinski definition) is 18. The number of esters is 6. The van der Waals surface area contributed by atoms with Crippen LogP contribution in [0.15, 0.2) is 0 Å². The smallest absolute Gasteiger partial charge is 0.323 e. The van der Waals surface area contributed by atoms with Gasteiger partial charge in [-0.25, -0.2) is 0 Å². The molecule has 6 rings (SSSR count). The fourth-order valence-electron chi connectivity index (χ4n) is 7.84. The van der Waals surface area contributed by atoms with E-state index in [2.05, 4.69) is 31.9 Å². The minimum atomic E-state index is -1.67. The van der Waals surface area contributed by atoms with Crippen LogP contribution in [-0.4, -0.2) is 149 Å². The van der Waals surface area contributed by atoms with E-state index in [-0.39, 0.29) is 0 Å². The highest BCUT2D eigenvalue weighted by atomic mass is 16.6. The zero-order valence-electron chi connectivity index (χ0n) is 30.8. The summed E-state index contributed by atoms with van der Waals surface area (Å²) in [5.74, 6) is -4.00. The zero-order chi connectivity index (χ0) is 37.9. The van der Waals surface area contributed by atoms with Crippen molar-refractivity contribution in [3.8, 4) is 0 Å². The SMILES string of the molecule is O=C(OC[C@H](OC(=O)[C@@H]1CCCN1)[C@@H](OC(=O)[C@@H]1CCCN1)[C@H](OC(=O)[C@@H]1CCCN1)[C@@H](COC(=O)[C@@H]1CCCN1)OC(=O)[C@@H]1CCCN1)[C@@H]1CCCN1. The second kappa shape index (κ2) is 20.0. The van der Waals surface area contributed by atoms with Crippen LogP contribution in [0.2, 0.25) is 0 Å². The summed E-state index contributed by atoms with van der Waals surface area (Å²) in [6.07, 6.45) is 0.979. The molecule has 0 radical (unpaired) electrons. The third-order valence-corrected chi connectivity index (χ3v) is 10.9. The zero-order valence-corrected chi connectivity index (χ0v) is 30.8. The first-order chi connectivity index (χ1) is 26.3. The van der Waals surface area contributed by atoms with E-state index < -0.39 is 110 Å². The molecule has 54 heavy (non-hydrogen) atoms. The monoisotopic (exact) mass is 764 g/mol. The highest BCUT2D eigenvalue weighted by Gasteiger charge is 2.48. The Balaban J connectivity index is 1.36. The molecule has 18 nitrogen and oxygen atoms in total. The van der Waals surface area contributed by atoms with Crippen molar-refractivity contribution < 1.29 is 57.2 Å². The number of ether oxygens (including phenoxy) is 6. The molecule has 0 saturated carbocycles. The van der Waals surface area contributed by atoms with Gasteiger partial charge >= 0.3 is 35.8 Å². The lowest BCUT2D eigenvalue weighted by Crippen LogP contribution is -2.58. The van der Waals surface area contributed by atoms with Gasteiger partial charge in [0.1, 0.15) is 49.5 Å². The maximum atomic E-state index is 13.9. The van der Waals surface area contributed by atoms with Crippen LogP contribution in [0.3, 0.4) is 0 Å². The van der Waals surface area contributed by atoms with E-state index in [1.54, 1.807) is 0 Å². The molecule has 0 aromatic rings. The molecule has 10 atom stereocenters. The van der Waals surface area contributed by atoms with E-state index >= 15 is 0 Å². The second-order valence-electron chi connectivity index (χ2n) is 14.9. The Morgan fingerprint density at radius 3 is 0.852 bits per heavy atom. The number of rotatable bonds is 17. The molecule has 6 aliphatic rings. The molecule has 6 heterocycles. The normalized spacial score (nSPS) is 30.2. The summed E-state index contributed by atoms with van der Waals surface area (Å²) in [4.78, 5) is 81.5. The predicted octanol–water partition coefficient (Wildman–Crippen LogP) is -1.77. The summed E-state index contributed by atoms with van der Waals surface area (Å²) in [5, 5.41) is 18.5. The predicted molar refractivity (Wildman–Crippen MR) is 188 cm³/mol. The standard InChI is InChI=1S/C36H56N6O12/c43-31(21-7-1-13-37-21)49-19-27(51-33(45)23-9-3-15-39-23)29(53-35(47)25-11-5-17-41-25)30(54-36(48)26-12-6-18-42-26)28(52-34(46)24-10-4-16-40-24)20-50-32(44)22-8-2-14-38-22/h21-30,37-42H,1-20H2/t21-,22-,23-,24-,25-,26-,27-,28+,29+,30+/m0/s1. The van der Waals surface area contributed by atoms with Gasteiger partial charge in [-0.05, 0) is 116 Å². The first-order valence-electron chi connectivity index (χ1n) is 19.8. The number of hydrogen-bond donors (Lipinski definition) is 6. The average molecular weight is 765 g/mol. The van der Waals surface area contributed by atoms with Gasteiger partial charge in [0.05, 0.1) is 0 Å². The van der Waals surface area contributed by atoms with Crippen molar-refractivity contribution in [2.75, 3.05) is 52.5 Å². The summed E-state index contributed by atoms with van der Waals surface area (Å²) in [5.41, 5.74) is 0. The number of carbonyl (C=O) groups is 6. The molecule has 6 saturated heterocycles. The molecule has 0 amide bonds. The first kappa shape index (κ1) is 40.2. The van der Waals surface area contributed by atoms with Gasteiger partial charge in [-0.15, -0.1) is 0 Å². The first-order valence-corrected chi connectivity index (χ1v) is 19.8. The van der Waals surface area contributed by atoms with Crippen molar-refractivity contribution in [3.63, 3.8) is 0 Å². The van der Waals surface area contributed by atoms with Crippen LogP contribution in [0.4, 0.5) is 0 Å². The largest absolute Gasteiger partial charge is 0.460 e. The Kier molecular flexibility index (Phi) is 14.9. The summed E-state index contributed by atoms with van der Waals surface area (Å²) in [6, 6.07) is -3.99. The maximum Gasteiger partial charge on any atom is 0.323 e. The minimum absolute atomic E-state index is 0.457. The third kappa shape index (κ3) is 10.9. The second-order valence-corrected chi connectivity index (χ2v) is 14.9. The van der Waals surface area contributed by atoms with Gasteiger partial charge in [0.2, 0.25) is 0 Å². The summed E-state index contributed by atoms with van der Waals surface area (Å²) in [7, 11) is 0. The van der Waals surface area contributed by atoms with E-state index in [9.17, 15) is 28.8 Å². The van der Waals surface area contributed by atoms with Crippen LogP contribution in [0.5, 0.6) is 0 Å². The number of carbonyl (C=O) groups excluding carboxylic acids is 6. The van der Waals surface area contributed by atoms with Crippen LogP contribution in [0.1, 0.15) is 77.0 Å². The Morgan fingerprint density at radius 2 is 0.611 bits per heavy atom. The molecule has 0 aromatic heterocycles. The van der Waals surface area contributed by atoms with E-state index in [4.69, 9.17) is 28.4 Å². The van der Waals surface area contributed by atoms with Gasteiger partial charge in [-0.3, -0.25) is 28.8 Å². The highest BCUT2D eigenvalue weighted by Crippen LogP contribution is 2.25. The van der Waals surface area contributed by atoms with Crippen LogP contribution in [0.25, 0.3) is 0 Å². The number of nitrogens with one attached hydrogen (secondary N) is 6. The van der Waals surface area contributed by atoms with Crippen molar-refractivity contribution in [1.82, 2.24) is 31.9 Å². The van der Waals surface area contributed by atoms with Gasteiger partial charge < -0.3 is 60.3 Å². The van der Waals surface area contributed by atoms with Crippen molar-refractivity contribution >= 4 is 35.8 Å². The Morgan fingerprint density at radius 1 is 0.370 bits per heavy atom. The molecule has 18 heteroatoms. The Labute approximate surface area is 314 Å². The molecule has 0 aromatic carbocycles. The minimum Gasteiger partial charge on any atom is -0.460 e. The van der Waals surface area contributed by atoms with Gasteiger partial charge in [0.15, 0.2) is 24.4 Å². The molecule has 6 N–H and O–H groups in total. The van der Waals surface area contributed by atoms with E-state index in [0.29, 0.717) is 90.6 Å². The molecule has 6 aliphatic heterocycles. The summed E-state index contributed by atoms with van der Waals surface area (Å²) in [6.45, 7) is 2.41. The molecule has 0 bridgehead atoms. The quantitative estimate of drug-likeness (QED) is 0.0711. The van der Waals surface area contributed by atoms with E-state index in [0.717, 1.165) is 25.7 Å². The molecule has 6 fully saturated rings. The highest BCUT2D eigenvalue weighted by molar-refractivity contribution is 5.80. The van der Waals surface area contributed by atoms with Crippen molar-refractivity contribution in [3.05, 3.63) is 0 Å². The lowest BCUT2D eigenvalue weighted by atomic mass is 10.0. The fourth-order valence-corrected chi connectivity index (χ4v) is 7.84. The molecular weight excluding hydrogens is 708 g/mol. The van der Waals surface area contributed by atoms with Gasteiger partial charge in [-0.1, -0.05) is 0 Å².